The molecule has 1 spiro atoms. The van der Waals surface area contributed by atoms with Crippen LogP contribution in [0.2, 0.25) is 0 Å². The third-order valence-corrected chi connectivity index (χ3v) is 6.15. The molecule has 1 aliphatic carbocycles. The highest BCUT2D eigenvalue weighted by Crippen LogP contribution is 2.48. The molecule has 0 aromatic carbocycles. The van der Waals surface area contributed by atoms with Crippen molar-refractivity contribution in [2.45, 2.75) is 24.0 Å². The minimum absolute atomic E-state index is 0.0220. The number of nitrogens with zero attached hydrogens (tertiary/aromatic N) is 1. The number of halogens is 2. The summed E-state index contributed by atoms with van der Waals surface area (Å²) in [7, 11) is -3.46. The Morgan fingerprint density at radius 2 is 1.81 bits per heavy atom. The molecule has 2 saturated heterocycles. The van der Waals surface area contributed by atoms with Gasteiger partial charge in [-0.05, 0) is 12.8 Å². The molecule has 0 atom stereocenters. The lowest BCUT2D eigenvalue weighted by Crippen LogP contribution is -2.62. The van der Waals surface area contributed by atoms with Crippen LogP contribution in [-0.4, -0.2) is 50.1 Å². The average Bonchev–Trinajstić information content (AvgIpc) is 2.87. The van der Waals surface area contributed by atoms with Crippen LogP contribution >= 0.6 is 0 Å². The minimum atomic E-state index is -3.46. The van der Waals surface area contributed by atoms with E-state index >= 15 is 0 Å². The van der Waals surface area contributed by atoms with Crippen LogP contribution in [-0.2, 0) is 10.0 Å². The highest BCUT2D eigenvalue weighted by Gasteiger charge is 2.65. The van der Waals surface area contributed by atoms with Gasteiger partial charge in [0.15, 0.2) is 0 Å². The predicted molar refractivity (Wildman–Crippen MR) is 53.8 cm³/mol. The van der Waals surface area contributed by atoms with E-state index in [9.17, 15) is 17.2 Å². The zero-order chi connectivity index (χ0) is 11.6. The Bertz CT molecular complexity index is 415. The van der Waals surface area contributed by atoms with E-state index in [2.05, 4.69) is 5.32 Å². The van der Waals surface area contributed by atoms with Gasteiger partial charge in [-0.1, -0.05) is 0 Å². The van der Waals surface area contributed by atoms with Gasteiger partial charge in [0.25, 0.3) is 5.92 Å². The lowest BCUT2D eigenvalue weighted by atomic mass is 9.78. The molecule has 0 radical (unpaired) electrons. The van der Waals surface area contributed by atoms with Crippen LogP contribution in [0.3, 0.4) is 0 Å². The van der Waals surface area contributed by atoms with E-state index < -0.39 is 33.2 Å². The summed E-state index contributed by atoms with van der Waals surface area (Å²) in [4.78, 5) is 0. The van der Waals surface area contributed by atoms with Crippen molar-refractivity contribution in [3.8, 4) is 0 Å². The van der Waals surface area contributed by atoms with Gasteiger partial charge in [-0.3, -0.25) is 0 Å². The van der Waals surface area contributed by atoms with Gasteiger partial charge in [-0.25, -0.2) is 17.2 Å². The second-order valence-corrected chi connectivity index (χ2v) is 7.31. The van der Waals surface area contributed by atoms with E-state index in [0.29, 0.717) is 12.8 Å². The number of sulfonamides is 1. The first-order chi connectivity index (χ1) is 7.37. The van der Waals surface area contributed by atoms with Gasteiger partial charge in [0, 0.05) is 19.6 Å². The van der Waals surface area contributed by atoms with Crippen molar-refractivity contribution in [3.63, 3.8) is 0 Å². The molecule has 0 bridgehead atoms. The second-order valence-electron chi connectivity index (χ2n) is 5.10. The van der Waals surface area contributed by atoms with Gasteiger partial charge < -0.3 is 5.32 Å². The van der Waals surface area contributed by atoms with Crippen molar-refractivity contribution >= 4 is 10.0 Å². The molecule has 2 heterocycles. The topological polar surface area (TPSA) is 49.4 Å². The van der Waals surface area contributed by atoms with Gasteiger partial charge >= 0.3 is 0 Å². The molecule has 16 heavy (non-hydrogen) atoms. The number of alkyl halides is 2. The molecule has 0 aromatic heterocycles. The molecule has 3 rings (SSSR count). The minimum Gasteiger partial charge on any atom is -0.315 e. The Hall–Kier alpha value is -0.270. The first-order valence-corrected chi connectivity index (χ1v) is 6.95. The SMILES string of the molecule is O=S(=O)(C1CC1)N1CC(F)(F)C2(CNC2)C1. The maximum absolute atomic E-state index is 13.8. The van der Waals surface area contributed by atoms with Gasteiger partial charge in [0.05, 0.1) is 17.2 Å². The molecule has 0 aromatic rings. The highest BCUT2D eigenvalue weighted by molar-refractivity contribution is 7.90. The number of hydrogen-bond acceptors (Lipinski definition) is 3. The Morgan fingerprint density at radius 3 is 2.19 bits per heavy atom. The molecule has 4 nitrogen and oxygen atoms in total. The summed E-state index contributed by atoms with van der Waals surface area (Å²) in [5.74, 6) is -2.89. The second kappa shape index (κ2) is 2.94. The van der Waals surface area contributed by atoms with Gasteiger partial charge in [0.1, 0.15) is 0 Å². The van der Waals surface area contributed by atoms with E-state index in [1.54, 1.807) is 0 Å². The molecule has 92 valence electrons. The molecule has 3 aliphatic rings. The van der Waals surface area contributed by atoms with Crippen molar-refractivity contribution in [2.24, 2.45) is 5.41 Å². The van der Waals surface area contributed by atoms with Gasteiger partial charge in [-0.2, -0.15) is 4.31 Å². The van der Waals surface area contributed by atoms with Crippen LogP contribution in [0.4, 0.5) is 8.78 Å². The van der Waals surface area contributed by atoms with Gasteiger partial charge in [-0.15, -0.1) is 0 Å². The third-order valence-electron chi connectivity index (χ3n) is 3.86. The van der Waals surface area contributed by atoms with Crippen molar-refractivity contribution in [3.05, 3.63) is 0 Å². The molecular formula is C9H14F2N2O2S. The van der Waals surface area contributed by atoms with Crippen molar-refractivity contribution in [1.82, 2.24) is 9.62 Å². The highest BCUT2D eigenvalue weighted by atomic mass is 32.2. The molecule has 1 saturated carbocycles. The summed E-state index contributed by atoms with van der Waals surface area (Å²) in [5.41, 5.74) is -1.14. The predicted octanol–water partition coefficient (Wildman–Crippen LogP) is 0.0191. The lowest BCUT2D eigenvalue weighted by molar-refractivity contribution is -0.107. The summed E-state index contributed by atoms with van der Waals surface area (Å²) in [6, 6.07) is 0. The van der Waals surface area contributed by atoms with Crippen LogP contribution < -0.4 is 5.32 Å². The first-order valence-electron chi connectivity index (χ1n) is 5.45. The zero-order valence-corrected chi connectivity index (χ0v) is 9.56. The molecule has 0 unspecified atom stereocenters. The molecule has 1 N–H and O–H groups in total. The Balaban J connectivity index is 1.86. The number of rotatable bonds is 2. The summed E-state index contributed by atoms with van der Waals surface area (Å²) in [6.45, 7) is -0.216. The van der Waals surface area contributed by atoms with E-state index in [-0.39, 0.29) is 19.6 Å². The van der Waals surface area contributed by atoms with E-state index in [1.165, 1.54) is 0 Å². The molecule has 7 heteroatoms. The van der Waals surface area contributed by atoms with Crippen LogP contribution in [0.5, 0.6) is 0 Å². The maximum atomic E-state index is 13.8. The molecule has 0 amide bonds. The van der Waals surface area contributed by atoms with Crippen LogP contribution in [0.25, 0.3) is 0 Å². The van der Waals surface area contributed by atoms with Crippen molar-refractivity contribution < 1.29 is 17.2 Å². The van der Waals surface area contributed by atoms with E-state index in [1.807, 2.05) is 0 Å². The fraction of sp³-hybridized carbons (Fsp3) is 1.00. The summed E-state index contributed by atoms with van der Waals surface area (Å²) < 4.78 is 52.3. The Kier molecular flexibility index (Phi) is 2.00. The van der Waals surface area contributed by atoms with E-state index in [0.717, 1.165) is 4.31 Å². The summed E-state index contributed by atoms with van der Waals surface area (Å²) in [5, 5.41) is 2.42. The van der Waals surface area contributed by atoms with Crippen LogP contribution in [0, 0.1) is 5.41 Å². The van der Waals surface area contributed by atoms with Crippen molar-refractivity contribution in [2.75, 3.05) is 26.2 Å². The quantitative estimate of drug-likeness (QED) is 0.753. The number of nitrogens with one attached hydrogen (secondary N) is 1. The third kappa shape index (κ3) is 1.28. The van der Waals surface area contributed by atoms with Gasteiger partial charge in [0.2, 0.25) is 10.0 Å². The van der Waals surface area contributed by atoms with Crippen LogP contribution in [0.1, 0.15) is 12.8 Å². The molecular weight excluding hydrogens is 238 g/mol. The summed E-state index contributed by atoms with van der Waals surface area (Å²) >= 11 is 0. The molecule has 2 aliphatic heterocycles. The Labute approximate surface area is 93.0 Å². The standard InChI is InChI=1S/C9H14F2N2O2S/c10-9(11)6-13(5-8(9)3-12-4-8)16(14,15)7-1-2-7/h7,12H,1-6H2. The fourth-order valence-electron chi connectivity index (χ4n) is 2.45. The normalized spacial score (nSPS) is 32.9. The van der Waals surface area contributed by atoms with Crippen molar-refractivity contribution in [1.29, 1.82) is 0 Å². The maximum Gasteiger partial charge on any atom is 0.270 e. The fourth-order valence-corrected chi connectivity index (χ4v) is 4.37. The summed E-state index contributed by atoms with van der Waals surface area (Å²) in [6.07, 6.45) is 1.24. The monoisotopic (exact) mass is 252 g/mol. The zero-order valence-electron chi connectivity index (χ0n) is 8.75. The average molecular weight is 252 g/mol. The van der Waals surface area contributed by atoms with E-state index in [4.69, 9.17) is 0 Å². The lowest BCUT2D eigenvalue weighted by Gasteiger charge is -2.42. The number of hydrogen-bond donors (Lipinski definition) is 1. The molecule has 3 fully saturated rings. The smallest absolute Gasteiger partial charge is 0.270 e. The van der Waals surface area contributed by atoms with Crippen LogP contribution in [0.15, 0.2) is 0 Å². The Morgan fingerprint density at radius 1 is 1.19 bits per heavy atom. The first kappa shape index (κ1) is 10.9. The largest absolute Gasteiger partial charge is 0.315 e.